The molecule has 0 aliphatic carbocycles. The van der Waals surface area contributed by atoms with Crippen molar-refractivity contribution in [2.75, 3.05) is 13.2 Å². The summed E-state index contributed by atoms with van der Waals surface area (Å²) >= 11 is 0. The zero-order valence-electron chi connectivity index (χ0n) is 15.6. The quantitative estimate of drug-likeness (QED) is 0.670. The predicted molar refractivity (Wildman–Crippen MR) is 97.6 cm³/mol. The molecule has 1 aromatic heterocycles. The number of rotatable bonds is 7. The van der Waals surface area contributed by atoms with Crippen molar-refractivity contribution >= 4 is 6.03 Å². The lowest BCUT2D eigenvalue weighted by atomic mass is 9.95. The minimum atomic E-state index is -4.41. The van der Waals surface area contributed by atoms with Crippen LogP contribution in [0.1, 0.15) is 47.8 Å². The van der Waals surface area contributed by atoms with E-state index in [0.29, 0.717) is 23.4 Å². The first-order chi connectivity index (χ1) is 13.2. The molecule has 152 valence electrons. The number of aliphatic hydroxyl groups excluding tert-OH is 1. The van der Waals surface area contributed by atoms with E-state index < -0.39 is 17.8 Å². The van der Waals surface area contributed by atoms with Crippen molar-refractivity contribution in [3.63, 3.8) is 0 Å². The van der Waals surface area contributed by atoms with Crippen LogP contribution in [0.4, 0.5) is 18.0 Å². The molecular formula is C19H23F3N4O2. The lowest BCUT2D eigenvalue weighted by molar-refractivity contribution is -0.137. The number of halogens is 3. The van der Waals surface area contributed by atoms with Gasteiger partial charge in [0.05, 0.1) is 23.0 Å². The number of alkyl halides is 3. The average Bonchev–Trinajstić information content (AvgIpc) is 2.65. The van der Waals surface area contributed by atoms with Gasteiger partial charge >= 0.3 is 12.2 Å². The van der Waals surface area contributed by atoms with Gasteiger partial charge in [0.1, 0.15) is 0 Å². The Hall–Kier alpha value is -2.68. The van der Waals surface area contributed by atoms with Crippen molar-refractivity contribution in [3.05, 3.63) is 59.2 Å². The molecule has 0 aliphatic heterocycles. The highest BCUT2D eigenvalue weighted by Crippen LogP contribution is 2.30. The van der Waals surface area contributed by atoms with Crippen LogP contribution in [-0.4, -0.2) is 34.3 Å². The van der Waals surface area contributed by atoms with E-state index in [2.05, 4.69) is 20.6 Å². The number of hydrogen-bond donors (Lipinski definition) is 3. The number of aromatic nitrogens is 2. The Balaban J connectivity index is 1.97. The Bertz CT molecular complexity index is 781. The fourth-order valence-electron chi connectivity index (χ4n) is 2.86. The zero-order valence-corrected chi connectivity index (χ0v) is 15.6. The Labute approximate surface area is 161 Å². The standard InChI is InChI=1S/C19H23F3N4O2/c1-12-17(24-9-8-23-12)13(2)26-18(28)25-11-15(7-10-27)14-3-5-16(6-4-14)19(20,21)22/h3-6,8-9,13,15,27H,7,10-11H2,1-2H3,(H2,25,26,28). The predicted octanol–water partition coefficient (Wildman–Crippen LogP) is 3.33. The molecule has 28 heavy (non-hydrogen) atoms. The summed E-state index contributed by atoms with van der Waals surface area (Å²) in [6, 6.07) is 3.93. The average molecular weight is 396 g/mol. The summed E-state index contributed by atoms with van der Waals surface area (Å²) in [7, 11) is 0. The molecule has 3 N–H and O–H groups in total. The van der Waals surface area contributed by atoms with E-state index in [1.165, 1.54) is 12.1 Å². The van der Waals surface area contributed by atoms with Gasteiger partial charge in [0.15, 0.2) is 0 Å². The van der Waals surface area contributed by atoms with Gasteiger partial charge in [0.25, 0.3) is 0 Å². The molecule has 2 atom stereocenters. The van der Waals surface area contributed by atoms with Crippen LogP contribution in [0.15, 0.2) is 36.7 Å². The molecule has 0 spiro atoms. The second-order valence-electron chi connectivity index (χ2n) is 6.43. The maximum atomic E-state index is 12.7. The van der Waals surface area contributed by atoms with E-state index in [4.69, 9.17) is 0 Å². The van der Waals surface area contributed by atoms with E-state index in [9.17, 15) is 23.1 Å². The van der Waals surface area contributed by atoms with Crippen molar-refractivity contribution in [2.45, 2.75) is 38.4 Å². The summed E-state index contributed by atoms with van der Waals surface area (Å²) < 4.78 is 38.1. The van der Waals surface area contributed by atoms with E-state index in [1.54, 1.807) is 26.2 Å². The molecule has 0 saturated carbocycles. The number of hydrogen-bond acceptors (Lipinski definition) is 4. The molecule has 1 aromatic carbocycles. The highest BCUT2D eigenvalue weighted by Gasteiger charge is 2.30. The summed E-state index contributed by atoms with van der Waals surface area (Å²) in [5.41, 5.74) is 1.23. The van der Waals surface area contributed by atoms with Gasteiger partial charge in [-0.05, 0) is 38.0 Å². The third-order valence-corrected chi connectivity index (χ3v) is 4.37. The van der Waals surface area contributed by atoms with Gasteiger partial charge in [0, 0.05) is 31.5 Å². The number of nitrogens with zero attached hydrogens (tertiary/aromatic N) is 2. The normalized spacial score (nSPS) is 13.6. The highest BCUT2D eigenvalue weighted by molar-refractivity contribution is 5.74. The number of carbonyl (C=O) groups is 1. The van der Waals surface area contributed by atoms with Crippen molar-refractivity contribution in [2.24, 2.45) is 0 Å². The van der Waals surface area contributed by atoms with Gasteiger partial charge in [-0.25, -0.2) is 4.79 Å². The molecule has 0 bridgehead atoms. The molecule has 2 unspecified atom stereocenters. The SMILES string of the molecule is Cc1nccnc1C(C)NC(=O)NCC(CCO)c1ccc(C(F)(F)F)cc1. The van der Waals surface area contributed by atoms with Gasteiger partial charge in [-0.15, -0.1) is 0 Å². The lowest BCUT2D eigenvalue weighted by Crippen LogP contribution is -2.39. The van der Waals surface area contributed by atoms with Crippen molar-refractivity contribution in [3.8, 4) is 0 Å². The summed E-state index contributed by atoms with van der Waals surface area (Å²) in [6.45, 7) is 3.59. The first-order valence-electron chi connectivity index (χ1n) is 8.82. The molecule has 1 heterocycles. The number of aliphatic hydroxyl groups is 1. The van der Waals surface area contributed by atoms with Gasteiger partial charge in [-0.1, -0.05) is 12.1 Å². The molecule has 0 fully saturated rings. The topological polar surface area (TPSA) is 87.1 Å². The molecule has 0 radical (unpaired) electrons. The fraction of sp³-hybridized carbons (Fsp3) is 0.421. The number of carbonyl (C=O) groups excluding carboxylic acids is 1. The van der Waals surface area contributed by atoms with Gasteiger partial charge < -0.3 is 15.7 Å². The van der Waals surface area contributed by atoms with Crippen LogP contribution >= 0.6 is 0 Å². The van der Waals surface area contributed by atoms with E-state index in [1.807, 2.05) is 0 Å². The molecule has 9 heteroatoms. The van der Waals surface area contributed by atoms with Crippen LogP contribution in [0.25, 0.3) is 0 Å². The number of nitrogens with one attached hydrogen (secondary N) is 2. The van der Waals surface area contributed by atoms with Crippen molar-refractivity contribution in [1.29, 1.82) is 0 Å². The van der Waals surface area contributed by atoms with Crippen LogP contribution in [-0.2, 0) is 6.18 Å². The van der Waals surface area contributed by atoms with Gasteiger partial charge in [-0.3, -0.25) is 9.97 Å². The van der Waals surface area contributed by atoms with Crippen LogP contribution in [0.2, 0.25) is 0 Å². The molecule has 0 aliphatic rings. The Morgan fingerprint density at radius 2 is 1.82 bits per heavy atom. The minimum absolute atomic E-state index is 0.149. The van der Waals surface area contributed by atoms with Crippen LogP contribution < -0.4 is 10.6 Å². The first kappa shape index (κ1) is 21.6. The molecule has 2 amide bonds. The Kier molecular flexibility index (Phi) is 7.33. The molecule has 0 saturated heterocycles. The third kappa shape index (κ3) is 5.91. The number of amides is 2. The minimum Gasteiger partial charge on any atom is -0.396 e. The lowest BCUT2D eigenvalue weighted by Gasteiger charge is -2.20. The number of aryl methyl sites for hydroxylation is 1. The van der Waals surface area contributed by atoms with Gasteiger partial charge in [-0.2, -0.15) is 13.2 Å². The molecule has 6 nitrogen and oxygen atoms in total. The van der Waals surface area contributed by atoms with Crippen LogP contribution in [0.5, 0.6) is 0 Å². The summed E-state index contributed by atoms with van der Waals surface area (Å²) in [5, 5.41) is 14.7. The maximum Gasteiger partial charge on any atom is 0.416 e. The second-order valence-corrected chi connectivity index (χ2v) is 6.43. The first-order valence-corrected chi connectivity index (χ1v) is 8.82. The van der Waals surface area contributed by atoms with Crippen molar-refractivity contribution in [1.82, 2.24) is 20.6 Å². The second kappa shape index (κ2) is 9.50. The maximum absolute atomic E-state index is 12.7. The summed E-state index contributed by atoms with van der Waals surface area (Å²) in [5.74, 6) is -0.313. The molecule has 2 aromatic rings. The molecular weight excluding hydrogens is 373 g/mol. The number of benzene rings is 1. The zero-order chi connectivity index (χ0) is 20.7. The van der Waals surface area contributed by atoms with E-state index in [0.717, 1.165) is 12.1 Å². The monoisotopic (exact) mass is 396 g/mol. The van der Waals surface area contributed by atoms with Crippen LogP contribution in [0, 0.1) is 6.92 Å². The third-order valence-electron chi connectivity index (χ3n) is 4.37. The number of urea groups is 1. The van der Waals surface area contributed by atoms with E-state index >= 15 is 0 Å². The highest BCUT2D eigenvalue weighted by atomic mass is 19.4. The van der Waals surface area contributed by atoms with E-state index in [-0.39, 0.29) is 25.1 Å². The summed E-state index contributed by atoms with van der Waals surface area (Å²) in [6.07, 6.45) is -0.988. The Morgan fingerprint density at radius 1 is 1.18 bits per heavy atom. The largest absolute Gasteiger partial charge is 0.416 e. The fourth-order valence-corrected chi connectivity index (χ4v) is 2.86. The smallest absolute Gasteiger partial charge is 0.396 e. The van der Waals surface area contributed by atoms with Crippen LogP contribution in [0.3, 0.4) is 0 Å². The molecule has 2 rings (SSSR count). The Morgan fingerprint density at radius 3 is 2.39 bits per heavy atom. The summed E-state index contributed by atoms with van der Waals surface area (Å²) in [4.78, 5) is 20.5. The van der Waals surface area contributed by atoms with Crippen molar-refractivity contribution < 1.29 is 23.1 Å². The van der Waals surface area contributed by atoms with Gasteiger partial charge in [0.2, 0.25) is 0 Å².